The minimum Gasteiger partial charge on any atom is -0.490 e. The van der Waals surface area contributed by atoms with Crippen LogP contribution in [0.1, 0.15) is 44.5 Å². The van der Waals surface area contributed by atoms with E-state index in [1.165, 1.54) is 6.07 Å². The molecule has 5 heteroatoms. The molecular formula is C15H22FNO3. The van der Waals surface area contributed by atoms with Gasteiger partial charge in [-0.05, 0) is 24.8 Å². The average Bonchev–Trinajstić information content (AvgIpc) is 2.30. The third kappa shape index (κ3) is 4.72. The zero-order chi connectivity index (χ0) is 15.3. The van der Waals surface area contributed by atoms with E-state index in [9.17, 15) is 9.18 Å². The standard InChI is InChI=1S/C15H22FNO3/c1-5-19-14(18)10-8-13(11(16)9-12(10)17)20-7-6-15(2,3)4/h8-9H,5-7,17H2,1-4H3. The zero-order valence-electron chi connectivity index (χ0n) is 12.5. The van der Waals surface area contributed by atoms with Crippen LogP contribution in [0, 0.1) is 11.2 Å². The normalized spacial score (nSPS) is 11.2. The Balaban J connectivity index is 2.86. The minimum atomic E-state index is -0.579. The molecule has 2 N–H and O–H groups in total. The predicted octanol–water partition coefficient (Wildman–Crippen LogP) is 3.40. The van der Waals surface area contributed by atoms with Gasteiger partial charge in [0.25, 0.3) is 0 Å². The third-order valence-electron chi connectivity index (χ3n) is 2.71. The molecule has 112 valence electrons. The van der Waals surface area contributed by atoms with Gasteiger partial charge in [-0.25, -0.2) is 9.18 Å². The van der Waals surface area contributed by atoms with Crippen LogP contribution in [0.5, 0.6) is 5.75 Å². The molecule has 0 radical (unpaired) electrons. The van der Waals surface area contributed by atoms with Gasteiger partial charge in [0, 0.05) is 11.8 Å². The lowest BCUT2D eigenvalue weighted by molar-refractivity contribution is 0.0527. The minimum absolute atomic E-state index is 0.0199. The van der Waals surface area contributed by atoms with Crippen LogP contribution in [-0.2, 0) is 4.74 Å². The molecule has 0 amide bonds. The molecule has 0 spiro atoms. The molecule has 1 aromatic carbocycles. The number of halogens is 1. The first-order chi connectivity index (χ1) is 9.24. The number of nitrogen functional groups attached to an aromatic ring is 1. The number of ether oxygens (including phenoxy) is 2. The second-order valence-corrected chi connectivity index (χ2v) is 5.75. The Labute approximate surface area is 119 Å². The summed E-state index contributed by atoms with van der Waals surface area (Å²) in [5.74, 6) is -1.14. The van der Waals surface area contributed by atoms with Crippen molar-refractivity contribution >= 4 is 11.7 Å². The van der Waals surface area contributed by atoms with Crippen molar-refractivity contribution in [3.05, 3.63) is 23.5 Å². The van der Waals surface area contributed by atoms with Crippen LogP contribution in [0.4, 0.5) is 10.1 Å². The number of anilines is 1. The summed E-state index contributed by atoms with van der Waals surface area (Å²) in [5.41, 5.74) is 5.88. The van der Waals surface area contributed by atoms with Gasteiger partial charge in [-0.15, -0.1) is 0 Å². The first kappa shape index (κ1) is 16.3. The summed E-state index contributed by atoms with van der Waals surface area (Å²) < 4.78 is 24.0. The molecule has 0 aliphatic rings. The van der Waals surface area contributed by atoms with Gasteiger partial charge in [-0.3, -0.25) is 0 Å². The summed E-state index contributed by atoms with van der Waals surface area (Å²) >= 11 is 0. The Hall–Kier alpha value is -1.78. The van der Waals surface area contributed by atoms with E-state index in [1.54, 1.807) is 6.92 Å². The lowest BCUT2D eigenvalue weighted by atomic mass is 9.93. The highest BCUT2D eigenvalue weighted by Gasteiger charge is 2.17. The smallest absolute Gasteiger partial charge is 0.340 e. The molecule has 4 nitrogen and oxygen atoms in total. The highest BCUT2D eigenvalue weighted by molar-refractivity contribution is 5.95. The van der Waals surface area contributed by atoms with Crippen molar-refractivity contribution in [1.29, 1.82) is 0 Å². The number of benzene rings is 1. The van der Waals surface area contributed by atoms with Gasteiger partial charge in [0.2, 0.25) is 0 Å². The van der Waals surface area contributed by atoms with Gasteiger partial charge in [-0.1, -0.05) is 20.8 Å². The van der Waals surface area contributed by atoms with Crippen LogP contribution in [0.2, 0.25) is 0 Å². The highest BCUT2D eigenvalue weighted by Crippen LogP contribution is 2.26. The van der Waals surface area contributed by atoms with Crippen LogP contribution in [0.15, 0.2) is 12.1 Å². The molecule has 0 saturated heterocycles. The van der Waals surface area contributed by atoms with E-state index in [1.807, 2.05) is 0 Å². The molecule has 0 unspecified atom stereocenters. The summed E-state index contributed by atoms with van der Waals surface area (Å²) in [7, 11) is 0. The number of hydrogen-bond acceptors (Lipinski definition) is 4. The molecule has 20 heavy (non-hydrogen) atoms. The zero-order valence-corrected chi connectivity index (χ0v) is 12.5. The number of esters is 1. The average molecular weight is 283 g/mol. The number of carbonyl (C=O) groups excluding carboxylic acids is 1. The Kier molecular flexibility index (Phi) is 5.36. The van der Waals surface area contributed by atoms with Crippen molar-refractivity contribution in [1.82, 2.24) is 0 Å². The van der Waals surface area contributed by atoms with Gasteiger partial charge in [0.15, 0.2) is 11.6 Å². The van der Waals surface area contributed by atoms with Crippen LogP contribution in [0.3, 0.4) is 0 Å². The van der Waals surface area contributed by atoms with Crippen LogP contribution in [0.25, 0.3) is 0 Å². The third-order valence-corrected chi connectivity index (χ3v) is 2.71. The van der Waals surface area contributed by atoms with E-state index in [0.717, 1.165) is 12.5 Å². The maximum Gasteiger partial charge on any atom is 0.340 e. The molecule has 1 aromatic rings. The van der Waals surface area contributed by atoms with E-state index in [-0.39, 0.29) is 29.0 Å². The first-order valence-corrected chi connectivity index (χ1v) is 6.63. The molecule has 0 atom stereocenters. The van der Waals surface area contributed by atoms with Crippen molar-refractivity contribution in [3.8, 4) is 5.75 Å². The van der Waals surface area contributed by atoms with E-state index in [0.29, 0.717) is 6.61 Å². The van der Waals surface area contributed by atoms with E-state index < -0.39 is 11.8 Å². The monoisotopic (exact) mass is 283 g/mol. The molecule has 1 rings (SSSR count). The Morgan fingerprint density at radius 3 is 2.55 bits per heavy atom. The second kappa shape index (κ2) is 6.59. The van der Waals surface area contributed by atoms with Crippen molar-refractivity contribution in [2.24, 2.45) is 5.41 Å². The van der Waals surface area contributed by atoms with Gasteiger partial charge < -0.3 is 15.2 Å². The predicted molar refractivity (Wildman–Crippen MR) is 76.3 cm³/mol. The molecular weight excluding hydrogens is 261 g/mol. The van der Waals surface area contributed by atoms with Crippen LogP contribution < -0.4 is 10.5 Å². The molecule has 0 aromatic heterocycles. The summed E-state index contributed by atoms with van der Waals surface area (Å²) in [6.45, 7) is 8.50. The van der Waals surface area contributed by atoms with E-state index in [4.69, 9.17) is 15.2 Å². The fourth-order valence-corrected chi connectivity index (χ4v) is 1.53. The second-order valence-electron chi connectivity index (χ2n) is 5.75. The van der Waals surface area contributed by atoms with Gasteiger partial charge >= 0.3 is 5.97 Å². The van der Waals surface area contributed by atoms with Crippen molar-refractivity contribution < 1.29 is 18.7 Å². The van der Waals surface area contributed by atoms with Gasteiger partial charge in [0.1, 0.15) is 0 Å². The fourth-order valence-electron chi connectivity index (χ4n) is 1.53. The molecule has 0 saturated carbocycles. The topological polar surface area (TPSA) is 61.5 Å². The summed E-state index contributed by atoms with van der Waals surface area (Å²) in [6, 6.07) is 2.38. The van der Waals surface area contributed by atoms with Crippen molar-refractivity contribution in [2.45, 2.75) is 34.1 Å². The molecule has 0 fully saturated rings. The van der Waals surface area contributed by atoms with Gasteiger partial charge in [-0.2, -0.15) is 0 Å². The fraction of sp³-hybridized carbons (Fsp3) is 0.533. The maximum absolute atomic E-state index is 13.7. The molecule has 0 aliphatic carbocycles. The number of nitrogens with two attached hydrogens (primary N) is 1. The summed E-state index contributed by atoms with van der Waals surface area (Å²) in [5, 5.41) is 0. The maximum atomic E-state index is 13.7. The van der Waals surface area contributed by atoms with Gasteiger partial charge in [0.05, 0.1) is 18.8 Å². The largest absolute Gasteiger partial charge is 0.490 e. The van der Waals surface area contributed by atoms with Crippen molar-refractivity contribution in [2.75, 3.05) is 18.9 Å². The van der Waals surface area contributed by atoms with Crippen LogP contribution in [-0.4, -0.2) is 19.2 Å². The Morgan fingerprint density at radius 1 is 1.35 bits per heavy atom. The number of hydrogen-bond donors (Lipinski definition) is 1. The SMILES string of the molecule is CCOC(=O)c1cc(OCCC(C)(C)C)c(F)cc1N. The first-order valence-electron chi connectivity index (χ1n) is 6.63. The van der Waals surface area contributed by atoms with Crippen molar-refractivity contribution in [3.63, 3.8) is 0 Å². The molecule has 0 bridgehead atoms. The summed E-state index contributed by atoms with van der Waals surface area (Å²) in [4.78, 5) is 11.7. The summed E-state index contributed by atoms with van der Waals surface area (Å²) in [6.07, 6.45) is 0.769. The number of rotatable bonds is 5. The highest BCUT2D eigenvalue weighted by atomic mass is 19.1. The Bertz CT molecular complexity index is 481. The molecule has 0 aliphatic heterocycles. The van der Waals surface area contributed by atoms with E-state index >= 15 is 0 Å². The number of carbonyl (C=O) groups is 1. The lowest BCUT2D eigenvalue weighted by Crippen LogP contribution is -2.13. The van der Waals surface area contributed by atoms with Crippen LogP contribution >= 0.6 is 0 Å². The quantitative estimate of drug-likeness (QED) is 0.664. The molecule has 0 heterocycles. The lowest BCUT2D eigenvalue weighted by Gasteiger charge is -2.18. The van der Waals surface area contributed by atoms with E-state index in [2.05, 4.69) is 20.8 Å². The Morgan fingerprint density at radius 2 is 2.00 bits per heavy atom.